The van der Waals surface area contributed by atoms with Crippen molar-refractivity contribution in [2.45, 2.75) is 6.92 Å². The number of likely N-dealkylation sites (N-methyl/N-ethyl adjacent to an activating group) is 1. The maximum atomic E-state index is 12.6. The van der Waals surface area contributed by atoms with Gasteiger partial charge in [0.15, 0.2) is 4.96 Å². The molecular formula is C12H16N4OS. The normalized spacial score (nSPS) is 17.6. The lowest BCUT2D eigenvalue weighted by molar-refractivity contribution is 0.0656. The van der Waals surface area contributed by atoms with Crippen LogP contribution in [0.3, 0.4) is 0 Å². The molecule has 3 heterocycles. The third-order valence-electron chi connectivity index (χ3n) is 3.43. The third-order valence-corrected chi connectivity index (χ3v) is 4.19. The topological polar surface area (TPSA) is 40.9 Å². The number of aromatic nitrogens is 2. The molecule has 3 rings (SSSR count). The molecule has 0 N–H and O–H groups in total. The number of hydrogen-bond acceptors (Lipinski definition) is 4. The van der Waals surface area contributed by atoms with Gasteiger partial charge in [-0.25, -0.2) is 4.98 Å². The van der Waals surface area contributed by atoms with Crippen molar-refractivity contribution < 1.29 is 4.79 Å². The fourth-order valence-corrected chi connectivity index (χ4v) is 3.07. The van der Waals surface area contributed by atoms with Crippen molar-refractivity contribution in [2.75, 3.05) is 33.2 Å². The Balaban J connectivity index is 1.92. The molecule has 1 aliphatic rings. The number of aryl methyl sites for hydroxylation is 1. The van der Waals surface area contributed by atoms with E-state index in [1.54, 1.807) is 11.3 Å². The van der Waals surface area contributed by atoms with E-state index in [1.165, 1.54) is 0 Å². The summed E-state index contributed by atoms with van der Waals surface area (Å²) in [5.41, 5.74) is 1.54. The van der Waals surface area contributed by atoms with Gasteiger partial charge >= 0.3 is 0 Å². The molecular weight excluding hydrogens is 248 g/mol. The minimum atomic E-state index is 0.103. The van der Waals surface area contributed by atoms with E-state index in [0.29, 0.717) is 0 Å². The van der Waals surface area contributed by atoms with Crippen LogP contribution in [0, 0.1) is 6.92 Å². The van der Waals surface area contributed by atoms with Crippen molar-refractivity contribution in [3.63, 3.8) is 0 Å². The van der Waals surface area contributed by atoms with Gasteiger partial charge in [0.2, 0.25) is 0 Å². The Morgan fingerprint density at radius 3 is 2.78 bits per heavy atom. The van der Waals surface area contributed by atoms with Gasteiger partial charge < -0.3 is 9.80 Å². The van der Waals surface area contributed by atoms with E-state index >= 15 is 0 Å². The molecule has 2 aromatic rings. The Morgan fingerprint density at radius 1 is 1.33 bits per heavy atom. The van der Waals surface area contributed by atoms with Crippen LogP contribution in [0.1, 0.15) is 16.2 Å². The molecule has 18 heavy (non-hydrogen) atoms. The lowest BCUT2D eigenvalue weighted by Crippen LogP contribution is -2.47. The van der Waals surface area contributed by atoms with Crippen LogP contribution in [0.5, 0.6) is 0 Å². The van der Waals surface area contributed by atoms with Crippen molar-refractivity contribution >= 4 is 22.2 Å². The molecule has 6 heteroatoms. The summed E-state index contributed by atoms with van der Waals surface area (Å²) in [6, 6.07) is 0. The highest BCUT2D eigenvalue weighted by molar-refractivity contribution is 7.15. The molecule has 0 atom stereocenters. The van der Waals surface area contributed by atoms with Crippen LogP contribution in [0.15, 0.2) is 11.6 Å². The number of imidazole rings is 1. The Morgan fingerprint density at radius 2 is 2.06 bits per heavy atom. The Labute approximate surface area is 110 Å². The maximum Gasteiger partial charge on any atom is 0.272 e. The number of amides is 1. The molecule has 0 bridgehead atoms. The van der Waals surface area contributed by atoms with Gasteiger partial charge in [-0.05, 0) is 14.0 Å². The minimum Gasteiger partial charge on any atom is -0.335 e. The molecule has 0 aromatic carbocycles. The lowest BCUT2D eigenvalue weighted by atomic mass is 10.2. The second kappa shape index (κ2) is 4.37. The summed E-state index contributed by atoms with van der Waals surface area (Å²) < 4.78 is 1.90. The first kappa shape index (κ1) is 11.7. The Hall–Kier alpha value is -1.40. The van der Waals surface area contributed by atoms with Gasteiger partial charge in [-0.2, -0.15) is 0 Å². The van der Waals surface area contributed by atoms with E-state index in [0.717, 1.165) is 42.5 Å². The molecule has 1 amide bonds. The first-order valence-corrected chi connectivity index (χ1v) is 6.95. The summed E-state index contributed by atoms with van der Waals surface area (Å²) in [6.45, 7) is 5.38. The fourth-order valence-electron chi connectivity index (χ4n) is 2.31. The van der Waals surface area contributed by atoms with Gasteiger partial charge in [0.25, 0.3) is 5.91 Å². The molecule has 1 fully saturated rings. The van der Waals surface area contributed by atoms with E-state index in [4.69, 9.17) is 0 Å². The Bertz CT molecular complexity index is 580. The lowest BCUT2D eigenvalue weighted by Gasteiger charge is -2.32. The molecule has 96 valence electrons. The first-order chi connectivity index (χ1) is 8.66. The molecule has 0 spiro atoms. The van der Waals surface area contributed by atoms with Gasteiger partial charge in [-0.3, -0.25) is 9.20 Å². The summed E-state index contributed by atoms with van der Waals surface area (Å²) in [5.74, 6) is 0.103. The number of carbonyl (C=O) groups excluding carboxylic acids is 1. The maximum absolute atomic E-state index is 12.6. The van der Waals surface area contributed by atoms with Gasteiger partial charge in [-0.1, -0.05) is 0 Å². The summed E-state index contributed by atoms with van der Waals surface area (Å²) >= 11 is 1.56. The fraction of sp³-hybridized carbons (Fsp3) is 0.500. The average molecular weight is 264 g/mol. The highest BCUT2D eigenvalue weighted by atomic mass is 32.1. The SMILES string of the molecule is Cc1nc2sccn2c1C(=O)N1CCN(C)CC1. The minimum absolute atomic E-state index is 0.103. The van der Waals surface area contributed by atoms with E-state index in [-0.39, 0.29) is 5.91 Å². The highest BCUT2D eigenvalue weighted by Crippen LogP contribution is 2.18. The molecule has 0 unspecified atom stereocenters. The van der Waals surface area contributed by atoms with Gasteiger partial charge in [0.05, 0.1) is 5.69 Å². The highest BCUT2D eigenvalue weighted by Gasteiger charge is 2.25. The molecule has 0 aliphatic carbocycles. The quantitative estimate of drug-likeness (QED) is 0.774. The van der Waals surface area contributed by atoms with Crippen molar-refractivity contribution in [1.29, 1.82) is 0 Å². The molecule has 1 aliphatic heterocycles. The van der Waals surface area contributed by atoms with E-state index in [2.05, 4.69) is 16.9 Å². The molecule has 2 aromatic heterocycles. The van der Waals surface area contributed by atoms with Crippen LogP contribution in [-0.4, -0.2) is 58.3 Å². The summed E-state index contributed by atoms with van der Waals surface area (Å²) in [6.07, 6.45) is 1.92. The summed E-state index contributed by atoms with van der Waals surface area (Å²) in [4.78, 5) is 22.0. The molecule has 1 saturated heterocycles. The van der Waals surface area contributed by atoms with Crippen molar-refractivity contribution in [3.05, 3.63) is 23.0 Å². The number of rotatable bonds is 1. The largest absolute Gasteiger partial charge is 0.335 e. The third kappa shape index (κ3) is 1.81. The predicted octanol–water partition coefficient (Wildman–Crippen LogP) is 1.09. The van der Waals surface area contributed by atoms with Gasteiger partial charge in [-0.15, -0.1) is 11.3 Å². The number of fused-ring (bicyclic) bond motifs is 1. The standard InChI is InChI=1S/C12H16N4OS/c1-9-10(16-7-8-18-12(16)13-9)11(17)15-5-3-14(2)4-6-15/h7-8H,3-6H2,1-2H3. The van der Waals surface area contributed by atoms with Crippen LogP contribution in [0.2, 0.25) is 0 Å². The van der Waals surface area contributed by atoms with Crippen molar-refractivity contribution in [3.8, 4) is 0 Å². The zero-order chi connectivity index (χ0) is 12.7. The van der Waals surface area contributed by atoms with Gasteiger partial charge in [0, 0.05) is 37.8 Å². The van der Waals surface area contributed by atoms with Crippen LogP contribution in [0.4, 0.5) is 0 Å². The van der Waals surface area contributed by atoms with E-state index in [9.17, 15) is 4.79 Å². The molecule has 5 nitrogen and oxygen atoms in total. The number of carbonyl (C=O) groups is 1. The monoisotopic (exact) mass is 264 g/mol. The van der Waals surface area contributed by atoms with Crippen molar-refractivity contribution in [2.24, 2.45) is 0 Å². The summed E-state index contributed by atoms with van der Waals surface area (Å²) in [5, 5.41) is 1.96. The smallest absolute Gasteiger partial charge is 0.272 e. The van der Waals surface area contributed by atoms with Crippen molar-refractivity contribution in [1.82, 2.24) is 19.2 Å². The second-order valence-electron chi connectivity index (χ2n) is 4.70. The number of piperazine rings is 1. The number of nitrogens with zero attached hydrogens (tertiary/aromatic N) is 4. The molecule has 0 saturated carbocycles. The van der Waals surface area contributed by atoms with Crippen LogP contribution < -0.4 is 0 Å². The van der Waals surface area contributed by atoms with E-state index < -0.39 is 0 Å². The van der Waals surface area contributed by atoms with E-state index in [1.807, 2.05) is 27.8 Å². The van der Waals surface area contributed by atoms with Crippen LogP contribution in [0.25, 0.3) is 4.96 Å². The predicted molar refractivity (Wildman–Crippen MR) is 71.2 cm³/mol. The first-order valence-electron chi connectivity index (χ1n) is 6.07. The average Bonchev–Trinajstić information content (AvgIpc) is 2.89. The zero-order valence-corrected chi connectivity index (χ0v) is 11.4. The number of thiazole rings is 1. The Kier molecular flexibility index (Phi) is 2.83. The second-order valence-corrected chi connectivity index (χ2v) is 5.57. The summed E-state index contributed by atoms with van der Waals surface area (Å²) in [7, 11) is 2.09. The van der Waals surface area contributed by atoms with Crippen LogP contribution in [-0.2, 0) is 0 Å². The molecule has 0 radical (unpaired) electrons. The van der Waals surface area contributed by atoms with Gasteiger partial charge in [0.1, 0.15) is 5.69 Å². The number of hydrogen-bond donors (Lipinski definition) is 0. The van der Waals surface area contributed by atoms with Crippen LogP contribution >= 0.6 is 11.3 Å². The zero-order valence-electron chi connectivity index (χ0n) is 10.6.